The Morgan fingerprint density at radius 1 is 1.46 bits per heavy atom. The highest BCUT2D eigenvalue weighted by Crippen LogP contribution is 2.29. The van der Waals surface area contributed by atoms with Crippen LogP contribution in [0.4, 0.5) is 5.13 Å². The molecule has 0 unspecified atom stereocenters. The van der Waals surface area contributed by atoms with E-state index in [4.69, 9.17) is 4.42 Å². The predicted molar refractivity (Wildman–Crippen MR) is 54.1 cm³/mol. The summed E-state index contributed by atoms with van der Waals surface area (Å²) < 4.78 is 5.47. The molecule has 0 spiro atoms. The lowest BCUT2D eigenvalue weighted by molar-refractivity contribution is 0.549. The van der Waals surface area contributed by atoms with Crippen LogP contribution >= 0.6 is 11.3 Å². The molecule has 2 rings (SSSR count). The van der Waals surface area contributed by atoms with Crippen LogP contribution in [0.3, 0.4) is 0 Å². The Labute approximate surface area is 80.4 Å². The van der Waals surface area contributed by atoms with E-state index in [2.05, 4.69) is 10.3 Å². The first-order valence-corrected chi connectivity index (χ1v) is 4.81. The highest BCUT2D eigenvalue weighted by Gasteiger charge is 2.06. The summed E-state index contributed by atoms with van der Waals surface area (Å²) in [5, 5.41) is 3.90. The lowest BCUT2D eigenvalue weighted by atomic mass is 10.4. The van der Waals surface area contributed by atoms with Crippen LogP contribution in [-0.4, -0.2) is 12.0 Å². The van der Waals surface area contributed by atoms with Gasteiger partial charge in [0.25, 0.3) is 0 Å². The highest BCUT2D eigenvalue weighted by molar-refractivity contribution is 7.18. The molecule has 2 aromatic rings. The Bertz CT molecular complexity index is 405. The van der Waals surface area contributed by atoms with E-state index in [0.29, 0.717) is 0 Å². The summed E-state index contributed by atoms with van der Waals surface area (Å²) >= 11 is 1.58. The third kappa shape index (κ3) is 1.58. The van der Waals surface area contributed by atoms with Crippen molar-refractivity contribution in [3.8, 4) is 10.6 Å². The average Bonchev–Trinajstić information content (AvgIpc) is 2.71. The van der Waals surface area contributed by atoms with Crippen molar-refractivity contribution in [1.82, 2.24) is 4.98 Å². The molecule has 2 heterocycles. The van der Waals surface area contributed by atoms with Crippen LogP contribution in [0, 0.1) is 6.92 Å². The van der Waals surface area contributed by atoms with E-state index in [9.17, 15) is 0 Å². The van der Waals surface area contributed by atoms with Crippen LogP contribution < -0.4 is 5.32 Å². The fourth-order valence-corrected chi connectivity index (χ4v) is 1.80. The Balaban J connectivity index is 2.35. The van der Waals surface area contributed by atoms with Gasteiger partial charge in [-0.2, -0.15) is 0 Å². The Morgan fingerprint density at radius 2 is 2.31 bits per heavy atom. The number of aromatic nitrogens is 1. The molecule has 0 atom stereocenters. The maximum atomic E-state index is 5.47. The fourth-order valence-electron chi connectivity index (χ4n) is 1.07. The first-order chi connectivity index (χ1) is 6.29. The van der Waals surface area contributed by atoms with E-state index >= 15 is 0 Å². The van der Waals surface area contributed by atoms with Crippen molar-refractivity contribution in [2.45, 2.75) is 6.92 Å². The van der Waals surface area contributed by atoms with E-state index in [1.165, 1.54) is 0 Å². The van der Waals surface area contributed by atoms with Gasteiger partial charge < -0.3 is 9.73 Å². The summed E-state index contributed by atoms with van der Waals surface area (Å²) in [5.74, 6) is 1.81. The molecule has 0 aromatic carbocycles. The Hall–Kier alpha value is -1.29. The maximum Gasteiger partial charge on any atom is 0.183 e. The molecule has 0 bridgehead atoms. The highest BCUT2D eigenvalue weighted by atomic mass is 32.1. The monoisotopic (exact) mass is 194 g/mol. The zero-order chi connectivity index (χ0) is 9.26. The number of aryl methyl sites for hydroxylation is 1. The van der Waals surface area contributed by atoms with Gasteiger partial charge in [-0.15, -0.1) is 0 Å². The number of thiazole rings is 1. The molecule has 3 nitrogen and oxygen atoms in total. The van der Waals surface area contributed by atoms with Crippen LogP contribution in [0.15, 0.2) is 22.7 Å². The molecular weight excluding hydrogens is 184 g/mol. The van der Waals surface area contributed by atoms with Crippen molar-refractivity contribution in [3.05, 3.63) is 24.1 Å². The number of furan rings is 1. The van der Waals surface area contributed by atoms with Crippen LogP contribution in [0.2, 0.25) is 0 Å². The minimum absolute atomic E-state index is 0.886. The van der Waals surface area contributed by atoms with Crippen LogP contribution in [-0.2, 0) is 0 Å². The van der Waals surface area contributed by atoms with Gasteiger partial charge in [-0.05, 0) is 19.1 Å². The number of nitrogens with one attached hydrogen (secondary N) is 1. The van der Waals surface area contributed by atoms with Gasteiger partial charge in [0, 0.05) is 7.05 Å². The number of rotatable bonds is 2. The summed E-state index contributed by atoms with van der Waals surface area (Å²) in [5.41, 5.74) is 0. The van der Waals surface area contributed by atoms with Crippen LogP contribution in [0.1, 0.15) is 5.76 Å². The van der Waals surface area contributed by atoms with Crippen molar-refractivity contribution in [1.29, 1.82) is 0 Å². The third-order valence-corrected chi connectivity index (χ3v) is 2.73. The molecule has 2 aromatic heterocycles. The Kier molecular flexibility index (Phi) is 2.06. The molecule has 0 aliphatic carbocycles. The molecule has 13 heavy (non-hydrogen) atoms. The SMILES string of the molecule is CNc1ncc(-c2ccc(C)o2)s1. The van der Waals surface area contributed by atoms with Crippen molar-refractivity contribution < 1.29 is 4.42 Å². The standard InChI is InChI=1S/C9H10N2OS/c1-6-3-4-7(12-6)8-5-11-9(10-2)13-8/h3-5H,1-2H3,(H,10,11). The predicted octanol–water partition coefficient (Wildman–Crippen LogP) is 2.75. The second kappa shape index (κ2) is 3.22. The van der Waals surface area contributed by atoms with Crippen LogP contribution in [0.5, 0.6) is 0 Å². The minimum Gasteiger partial charge on any atom is -0.460 e. The van der Waals surface area contributed by atoms with Gasteiger partial charge in [0.2, 0.25) is 0 Å². The zero-order valence-corrected chi connectivity index (χ0v) is 8.31. The molecule has 68 valence electrons. The number of nitrogens with zero attached hydrogens (tertiary/aromatic N) is 1. The van der Waals surface area contributed by atoms with Gasteiger partial charge in [0.05, 0.1) is 11.1 Å². The van der Waals surface area contributed by atoms with Gasteiger partial charge in [-0.3, -0.25) is 0 Å². The van der Waals surface area contributed by atoms with E-state index in [1.54, 1.807) is 11.3 Å². The summed E-state index contributed by atoms with van der Waals surface area (Å²) in [4.78, 5) is 5.22. The topological polar surface area (TPSA) is 38.1 Å². The van der Waals surface area contributed by atoms with E-state index < -0.39 is 0 Å². The molecule has 0 saturated carbocycles. The molecule has 0 fully saturated rings. The van der Waals surface area contributed by atoms with Crippen molar-refractivity contribution in [3.63, 3.8) is 0 Å². The molecule has 0 aliphatic heterocycles. The summed E-state index contributed by atoms with van der Waals surface area (Å²) in [6.45, 7) is 1.93. The molecule has 0 radical (unpaired) electrons. The first kappa shape index (κ1) is 8.31. The van der Waals surface area contributed by atoms with Gasteiger partial charge in [0.15, 0.2) is 5.13 Å². The van der Waals surface area contributed by atoms with E-state index in [0.717, 1.165) is 21.5 Å². The summed E-state index contributed by atoms with van der Waals surface area (Å²) in [6.07, 6.45) is 1.81. The fraction of sp³-hybridized carbons (Fsp3) is 0.222. The van der Waals surface area contributed by atoms with Gasteiger partial charge in [0.1, 0.15) is 11.5 Å². The number of anilines is 1. The lowest BCUT2D eigenvalue weighted by Crippen LogP contribution is -1.83. The van der Waals surface area contributed by atoms with Crippen LogP contribution in [0.25, 0.3) is 10.6 Å². The normalized spacial score (nSPS) is 10.3. The quantitative estimate of drug-likeness (QED) is 0.798. The molecule has 0 amide bonds. The lowest BCUT2D eigenvalue weighted by Gasteiger charge is -1.88. The second-order valence-electron chi connectivity index (χ2n) is 2.69. The second-order valence-corrected chi connectivity index (χ2v) is 3.72. The summed E-state index contributed by atoms with van der Waals surface area (Å²) in [7, 11) is 1.86. The maximum absolute atomic E-state index is 5.47. The molecule has 4 heteroatoms. The average molecular weight is 194 g/mol. The van der Waals surface area contributed by atoms with Gasteiger partial charge in [-0.25, -0.2) is 4.98 Å². The first-order valence-electron chi connectivity index (χ1n) is 4.00. The summed E-state index contributed by atoms with van der Waals surface area (Å²) in [6, 6.07) is 3.91. The van der Waals surface area contributed by atoms with Crippen molar-refractivity contribution >= 4 is 16.5 Å². The largest absolute Gasteiger partial charge is 0.460 e. The number of hydrogen-bond donors (Lipinski definition) is 1. The van der Waals surface area contributed by atoms with Crippen molar-refractivity contribution in [2.75, 3.05) is 12.4 Å². The minimum atomic E-state index is 0.886. The smallest absolute Gasteiger partial charge is 0.183 e. The zero-order valence-electron chi connectivity index (χ0n) is 7.50. The molecular formula is C9H10N2OS. The van der Waals surface area contributed by atoms with Gasteiger partial charge in [-0.1, -0.05) is 11.3 Å². The van der Waals surface area contributed by atoms with Crippen molar-refractivity contribution in [2.24, 2.45) is 0 Å². The molecule has 0 aliphatic rings. The molecule has 1 N–H and O–H groups in total. The number of hydrogen-bond acceptors (Lipinski definition) is 4. The third-order valence-electron chi connectivity index (χ3n) is 1.70. The Morgan fingerprint density at radius 3 is 2.85 bits per heavy atom. The van der Waals surface area contributed by atoms with E-state index in [-0.39, 0.29) is 0 Å². The molecule has 0 saturated heterocycles. The van der Waals surface area contributed by atoms with Gasteiger partial charge >= 0.3 is 0 Å². The van der Waals surface area contributed by atoms with E-state index in [1.807, 2.05) is 32.3 Å².